The summed E-state index contributed by atoms with van der Waals surface area (Å²) >= 11 is 0. The third-order valence-corrected chi connectivity index (χ3v) is 4.26. The van der Waals surface area contributed by atoms with Gasteiger partial charge in [-0.15, -0.1) is 0 Å². The maximum absolute atomic E-state index is 3.31. The van der Waals surface area contributed by atoms with Crippen LogP contribution in [0.4, 0.5) is 5.69 Å². The molecule has 1 aromatic carbocycles. The SMILES string of the molecule is CNC(C)CCCCN1CCCc2cc(C)ccc21. The van der Waals surface area contributed by atoms with E-state index in [1.54, 1.807) is 5.56 Å². The summed E-state index contributed by atoms with van der Waals surface area (Å²) in [6.45, 7) is 6.90. The van der Waals surface area contributed by atoms with Gasteiger partial charge in [-0.3, -0.25) is 0 Å². The minimum absolute atomic E-state index is 0.649. The molecule has 0 aliphatic carbocycles. The van der Waals surface area contributed by atoms with Crippen molar-refractivity contribution in [3.05, 3.63) is 29.3 Å². The molecular weight excluding hydrogens is 232 g/mol. The van der Waals surface area contributed by atoms with Crippen LogP contribution in [-0.4, -0.2) is 26.2 Å². The maximum Gasteiger partial charge on any atom is 0.0398 e. The molecule has 0 saturated carbocycles. The minimum atomic E-state index is 0.649. The lowest BCUT2D eigenvalue weighted by atomic mass is 9.99. The molecule has 2 heteroatoms. The van der Waals surface area contributed by atoms with Gasteiger partial charge in [0.05, 0.1) is 0 Å². The fraction of sp³-hybridized carbons (Fsp3) is 0.647. The van der Waals surface area contributed by atoms with Crippen molar-refractivity contribution in [2.75, 3.05) is 25.0 Å². The molecule has 0 radical (unpaired) electrons. The molecule has 0 aromatic heterocycles. The Morgan fingerprint density at radius 2 is 2.16 bits per heavy atom. The average Bonchev–Trinajstić information content (AvgIpc) is 2.42. The number of fused-ring (bicyclic) bond motifs is 1. The molecule has 1 aliphatic heterocycles. The zero-order chi connectivity index (χ0) is 13.7. The Bertz CT molecular complexity index is 400. The van der Waals surface area contributed by atoms with Gasteiger partial charge < -0.3 is 10.2 Å². The molecule has 2 rings (SSSR count). The highest BCUT2D eigenvalue weighted by atomic mass is 15.1. The van der Waals surface area contributed by atoms with E-state index in [4.69, 9.17) is 0 Å². The molecule has 0 spiro atoms. The van der Waals surface area contributed by atoms with Crippen LogP contribution in [0.25, 0.3) is 0 Å². The van der Waals surface area contributed by atoms with Crippen molar-refractivity contribution in [2.45, 2.75) is 52.0 Å². The minimum Gasteiger partial charge on any atom is -0.371 e. The highest BCUT2D eigenvalue weighted by Crippen LogP contribution is 2.28. The van der Waals surface area contributed by atoms with Crippen LogP contribution in [0.5, 0.6) is 0 Å². The second kappa shape index (κ2) is 6.95. The van der Waals surface area contributed by atoms with E-state index in [9.17, 15) is 0 Å². The molecule has 1 heterocycles. The quantitative estimate of drug-likeness (QED) is 0.787. The van der Waals surface area contributed by atoms with Crippen LogP contribution in [0.15, 0.2) is 18.2 Å². The molecule has 106 valence electrons. The number of nitrogens with one attached hydrogen (secondary N) is 1. The van der Waals surface area contributed by atoms with Gasteiger partial charge in [0.1, 0.15) is 0 Å². The number of hydrogen-bond donors (Lipinski definition) is 1. The zero-order valence-electron chi connectivity index (χ0n) is 12.7. The van der Waals surface area contributed by atoms with Crippen molar-refractivity contribution in [2.24, 2.45) is 0 Å². The van der Waals surface area contributed by atoms with E-state index in [1.165, 1.54) is 56.4 Å². The number of hydrogen-bond acceptors (Lipinski definition) is 2. The van der Waals surface area contributed by atoms with Crippen LogP contribution in [0.2, 0.25) is 0 Å². The smallest absolute Gasteiger partial charge is 0.0398 e. The first-order chi connectivity index (χ1) is 9.20. The first kappa shape index (κ1) is 14.4. The second-order valence-electron chi connectivity index (χ2n) is 5.91. The van der Waals surface area contributed by atoms with Crippen molar-refractivity contribution in [3.8, 4) is 0 Å². The molecule has 1 aliphatic rings. The van der Waals surface area contributed by atoms with E-state index in [1.807, 2.05) is 7.05 Å². The van der Waals surface area contributed by atoms with Crippen LogP contribution < -0.4 is 10.2 Å². The van der Waals surface area contributed by atoms with Crippen LogP contribution in [0.1, 0.15) is 43.7 Å². The molecule has 2 nitrogen and oxygen atoms in total. The predicted octanol–water partition coefficient (Wildman–Crippen LogP) is 3.53. The van der Waals surface area contributed by atoms with E-state index in [0.717, 1.165) is 0 Å². The van der Waals surface area contributed by atoms with Crippen molar-refractivity contribution < 1.29 is 0 Å². The van der Waals surface area contributed by atoms with Gasteiger partial charge in [0.15, 0.2) is 0 Å². The summed E-state index contributed by atoms with van der Waals surface area (Å²) < 4.78 is 0. The Labute approximate surface area is 118 Å². The summed E-state index contributed by atoms with van der Waals surface area (Å²) in [6, 6.07) is 7.58. The van der Waals surface area contributed by atoms with Crippen molar-refractivity contribution in [1.82, 2.24) is 5.32 Å². The molecular formula is C17H28N2. The number of rotatable bonds is 6. The summed E-state index contributed by atoms with van der Waals surface area (Å²) in [5.74, 6) is 0. The number of aryl methyl sites for hydroxylation is 2. The van der Waals surface area contributed by atoms with Gasteiger partial charge in [0.2, 0.25) is 0 Å². The molecule has 1 unspecified atom stereocenters. The zero-order valence-corrected chi connectivity index (χ0v) is 12.7. The van der Waals surface area contributed by atoms with Gasteiger partial charge in [-0.2, -0.15) is 0 Å². The summed E-state index contributed by atoms with van der Waals surface area (Å²) in [5, 5.41) is 3.31. The normalized spacial score (nSPS) is 16.3. The molecule has 0 fully saturated rings. The summed E-state index contributed by atoms with van der Waals surface area (Å²) in [4.78, 5) is 2.59. The molecule has 0 saturated heterocycles. The van der Waals surface area contributed by atoms with E-state index < -0.39 is 0 Å². The van der Waals surface area contributed by atoms with Gasteiger partial charge in [-0.1, -0.05) is 24.1 Å². The predicted molar refractivity (Wildman–Crippen MR) is 84.1 cm³/mol. The number of nitrogens with zero attached hydrogens (tertiary/aromatic N) is 1. The topological polar surface area (TPSA) is 15.3 Å². The standard InChI is InChI=1S/C17H28N2/c1-14-9-10-17-16(13-14)8-6-12-19(17)11-5-4-7-15(2)18-3/h9-10,13,15,18H,4-8,11-12H2,1-3H3. The molecule has 19 heavy (non-hydrogen) atoms. The van der Waals surface area contributed by atoms with Crippen molar-refractivity contribution in [1.29, 1.82) is 0 Å². The van der Waals surface area contributed by atoms with E-state index in [-0.39, 0.29) is 0 Å². The maximum atomic E-state index is 3.31. The summed E-state index contributed by atoms with van der Waals surface area (Å²) in [6.07, 6.45) is 6.47. The molecule has 1 N–H and O–H groups in total. The van der Waals surface area contributed by atoms with Gasteiger partial charge in [0, 0.05) is 24.8 Å². The van der Waals surface area contributed by atoms with E-state index >= 15 is 0 Å². The van der Waals surface area contributed by atoms with Gasteiger partial charge in [-0.05, 0) is 58.2 Å². The third-order valence-electron chi connectivity index (χ3n) is 4.26. The molecule has 0 bridgehead atoms. The van der Waals surface area contributed by atoms with Gasteiger partial charge in [0.25, 0.3) is 0 Å². The highest BCUT2D eigenvalue weighted by Gasteiger charge is 2.16. The highest BCUT2D eigenvalue weighted by molar-refractivity contribution is 5.56. The second-order valence-corrected chi connectivity index (χ2v) is 5.91. The largest absolute Gasteiger partial charge is 0.371 e. The Morgan fingerprint density at radius 3 is 2.95 bits per heavy atom. The molecule has 1 aromatic rings. The summed E-state index contributed by atoms with van der Waals surface area (Å²) in [5.41, 5.74) is 4.43. The number of unbranched alkanes of at least 4 members (excludes halogenated alkanes) is 1. The lowest BCUT2D eigenvalue weighted by Gasteiger charge is -2.31. The van der Waals surface area contributed by atoms with Gasteiger partial charge >= 0.3 is 0 Å². The average molecular weight is 260 g/mol. The fourth-order valence-electron chi connectivity index (χ4n) is 2.93. The lowest BCUT2D eigenvalue weighted by Crippen LogP contribution is -2.30. The van der Waals surface area contributed by atoms with Crippen molar-refractivity contribution in [3.63, 3.8) is 0 Å². The first-order valence-electron chi connectivity index (χ1n) is 7.72. The number of benzene rings is 1. The molecule has 1 atom stereocenters. The summed E-state index contributed by atoms with van der Waals surface area (Å²) in [7, 11) is 2.05. The Kier molecular flexibility index (Phi) is 5.26. The van der Waals surface area contributed by atoms with Crippen LogP contribution in [0.3, 0.4) is 0 Å². The van der Waals surface area contributed by atoms with Crippen LogP contribution in [-0.2, 0) is 6.42 Å². The number of anilines is 1. The molecule has 0 amide bonds. The Hall–Kier alpha value is -1.02. The van der Waals surface area contributed by atoms with Crippen LogP contribution in [0, 0.1) is 6.92 Å². The monoisotopic (exact) mass is 260 g/mol. The van der Waals surface area contributed by atoms with E-state index in [2.05, 4.69) is 42.3 Å². The third kappa shape index (κ3) is 3.97. The fourth-order valence-corrected chi connectivity index (χ4v) is 2.93. The Balaban J connectivity index is 1.86. The first-order valence-corrected chi connectivity index (χ1v) is 7.72. The van der Waals surface area contributed by atoms with E-state index in [0.29, 0.717) is 6.04 Å². The van der Waals surface area contributed by atoms with Gasteiger partial charge in [-0.25, -0.2) is 0 Å². The van der Waals surface area contributed by atoms with Crippen LogP contribution >= 0.6 is 0 Å². The van der Waals surface area contributed by atoms with Crippen molar-refractivity contribution >= 4 is 5.69 Å². The lowest BCUT2D eigenvalue weighted by molar-refractivity contribution is 0.523. The Morgan fingerprint density at radius 1 is 1.32 bits per heavy atom.